The SMILES string of the molecule is CC1CCC2CCOC(=O)C1C2. The van der Waals surface area contributed by atoms with Gasteiger partial charge in [0.2, 0.25) is 0 Å². The first-order valence-corrected chi connectivity index (χ1v) is 4.94. The molecule has 2 nitrogen and oxygen atoms in total. The summed E-state index contributed by atoms with van der Waals surface area (Å²) < 4.78 is 5.15. The fourth-order valence-corrected chi connectivity index (χ4v) is 2.43. The Balaban J connectivity index is 2.12. The summed E-state index contributed by atoms with van der Waals surface area (Å²) in [6.07, 6.45) is 4.69. The topological polar surface area (TPSA) is 26.3 Å². The predicted molar refractivity (Wildman–Crippen MR) is 45.6 cm³/mol. The number of hydrogen-bond donors (Lipinski definition) is 0. The summed E-state index contributed by atoms with van der Waals surface area (Å²) in [6, 6.07) is 0. The highest BCUT2D eigenvalue weighted by molar-refractivity contribution is 5.73. The maximum absolute atomic E-state index is 11.4. The lowest BCUT2D eigenvalue weighted by Crippen LogP contribution is -2.27. The minimum absolute atomic E-state index is 0.0599. The van der Waals surface area contributed by atoms with Gasteiger partial charge in [0.1, 0.15) is 0 Å². The molecular weight excluding hydrogens is 152 g/mol. The Morgan fingerprint density at radius 3 is 3.00 bits per heavy atom. The third-order valence-corrected chi connectivity index (χ3v) is 3.38. The van der Waals surface area contributed by atoms with E-state index in [9.17, 15) is 4.79 Å². The van der Waals surface area contributed by atoms with Crippen LogP contribution < -0.4 is 0 Å². The summed E-state index contributed by atoms with van der Waals surface area (Å²) >= 11 is 0. The van der Waals surface area contributed by atoms with Crippen molar-refractivity contribution >= 4 is 5.97 Å². The van der Waals surface area contributed by atoms with Crippen LogP contribution in [0.3, 0.4) is 0 Å². The van der Waals surface area contributed by atoms with Gasteiger partial charge in [0, 0.05) is 0 Å². The van der Waals surface area contributed by atoms with Crippen LogP contribution >= 0.6 is 0 Å². The first kappa shape index (κ1) is 8.09. The molecule has 1 heterocycles. The van der Waals surface area contributed by atoms with Gasteiger partial charge >= 0.3 is 5.97 Å². The molecule has 0 aromatic rings. The molecule has 0 radical (unpaired) electrons. The Morgan fingerprint density at radius 2 is 2.17 bits per heavy atom. The zero-order valence-electron chi connectivity index (χ0n) is 7.58. The van der Waals surface area contributed by atoms with Crippen LogP contribution in [-0.4, -0.2) is 12.6 Å². The molecule has 1 saturated carbocycles. The molecular formula is C10H16O2. The molecule has 2 aliphatic rings. The Labute approximate surface area is 73.3 Å². The van der Waals surface area contributed by atoms with Crippen molar-refractivity contribution in [3.8, 4) is 0 Å². The zero-order valence-corrected chi connectivity index (χ0v) is 7.58. The first-order valence-electron chi connectivity index (χ1n) is 4.94. The smallest absolute Gasteiger partial charge is 0.309 e. The van der Waals surface area contributed by atoms with Crippen LogP contribution in [0.5, 0.6) is 0 Å². The largest absolute Gasteiger partial charge is 0.465 e. The van der Waals surface area contributed by atoms with Gasteiger partial charge in [0.25, 0.3) is 0 Å². The highest BCUT2D eigenvalue weighted by Crippen LogP contribution is 2.37. The van der Waals surface area contributed by atoms with Crippen LogP contribution in [0.4, 0.5) is 0 Å². The van der Waals surface area contributed by atoms with Crippen molar-refractivity contribution in [3.63, 3.8) is 0 Å². The average molecular weight is 168 g/mol. The summed E-state index contributed by atoms with van der Waals surface area (Å²) in [5.74, 6) is 1.58. The molecule has 1 saturated heterocycles. The van der Waals surface area contributed by atoms with E-state index in [1.807, 2.05) is 0 Å². The molecule has 3 atom stereocenters. The summed E-state index contributed by atoms with van der Waals surface area (Å²) in [6.45, 7) is 2.83. The molecule has 0 N–H and O–H groups in total. The maximum atomic E-state index is 11.4. The Hall–Kier alpha value is -0.530. The van der Waals surface area contributed by atoms with Crippen molar-refractivity contribution in [2.45, 2.75) is 32.6 Å². The lowest BCUT2D eigenvalue weighted by Gasteiger charge is -2.29. The third kappa shape index (κ3) is 1.35. The second-order valence-electron chi connectivity index (χ2n) is 4.22. The molecule has 12 heavy (non-hydrogen) atoms. The van der Waals surface area contributed by atoms with Gasteiger partial charge in [-0.1, -0.05) is 13.3 Å². The van der Waals surface area contributed by atoms with Crippen molar-refractivity contribution in [3.05, 3.63) is 0 Å². The summed E-state index contributed by atoms with van der Waals surface area (Å²) in [7, 11) is 0. The fourth-order valence-electron chi connectivity index (χ4n) is 2.43. The maximum Gasteiger partial charge on any atom is 0.309 e. The number of carbonyl (C=O) groups is 1. The first-order chi connectivity index (χ1) is 5.77. The molecule has 0 amide bonds. The third-order valence-electron chi connectivity index (χ3n) is 3.38. The summed E-state index contributed by atoms with van der Waals surface area (Å²) in [5, 5.41) is 0. The molecule has 3 unspecified atom stereocenters. The van der Waals surface area contributed by atoms with E-state index in [0.29, 0.717) is 12.5 Å². The normalized spacial score (nSPS) is 41.8. The van der Waals surface area contributed by atoms with E-state index in [4.69, 9.17) is 4.74 Å². The van der Waals surface area contributed by atoms with Crippen molar-refractivity contribution < 1.29 is 9.53 Å². The highest BCUT2D eigenvalue weighted by atomic mass is 16.5. The average Bonchev–Trinajstić information content (AvgIpc) is 2.21. The number of ether oxygens (including phenoxy) is 1. The lowest BCUT2D eigenvalue weighted by molar-refractivity contribution is -0.149. The van der Waals surface area contributed by atoms with Crippen LogP contribution in [0.2, 0.25) is 0 Å². The fraction of sp³-hybridized carbons (Fsp3) is 0.900. The molecule has 1 aliphatic carbocycles. The van der Waals surface area contributed by atoms with Gasteiger partial charge in [0.15, 0.2) is 0 Å². The molecule has 0 aromatic heterocycles. The van der Waals surface area contributed by atoms with Gasteiger partial charge in [-0.3, -0.25) is 4.79 Å². The Kier molecular flexibility index (Phi) is 2.07. The van der Waals surface area contributed by atoms with E-state index in [-0.39, 0.29) is 11.9 Å². The van der Waals surface area contributed by atoms with Crippen molar-refractivity contribution in [2.24, 2.45) is 17.8 Å². The van der Waals surface area contributed by atoms with Crippen molar-refractivity contribution in [2.75, 3.05) is 6.61 Å². The number of fused-ring (bicyclic) bond motifs is 2. The molecule has 1 aliphatic heterocycles. The van der Waals surface area contributed by atoms with E-state index < -0.39 is 0 Å². The molecule has 2 fully saturated rings. The van der Waals surface area contributed by atoms with E-state index >= 15 is 0 Å². The van der Waals surface area contributed by atoms with E-state index in [2.05, 4.69) is 6.92 Å². The zero-order chi connectivity index (χ0) is 8.55. The van der Waals surface area contributed by atoms with Crippen molar-refractivity contribution in [1.29, 1.82) is 0 Å². The quantitative estimate of drug-likeness (QED) is 0.517. The van der Waals surface area contributed by atoms with Crippen LogP contribution in [0.1, 0.15) is 32.6 Å². The molecule has 0 aromatic carbocycles. The molecule has 2 heteroatoms. The Bertz CT molecular complexity index is 188. The van der Waals surface area contributed by atoms with Gasteiger partial charge < -0.3 is 4.74 Å². The van der Waals surface area contributed by atoms with Crippen LogP contribution in [0.25, 0.3) is 0 Å². The van der Waals surface area contributed by atoms with E-state index in [0.717, 1.165) is 18.8 Å². The van der Waals surface area contributed by atoms with Gasteiger partial charge in [-0.05, 0) is 31.1 Å². The van der Waals surface area contributed by atoms with Crippen LogP contribution in [0.15, 0.2) is 0 Å². The highest BCUT2D eigenvalue weighted by Gasteiger charge is 2.35. The molecule has 2 rings (SSSR count). The van der Waals surface area contributed by atoms with Gasteiger partial charge in [0.05, 0.1) is 12.5 Å². The standard InChI is InChI=1S/C10H16O2/c1-7-2-3-8-4-5-12-10(11)9(7)6-8/h7-9H,2-6H2,1H3. The molecule has 68 valence electrons. The van der Waals surface area contributed by atoms with Crippen molar-refractivity contribution in [1.82, 2.24) is 0 Å². The monoisotopic (exact) mass is 168 g/mol. The van der Waals surface area contributed by atoms with Crippen LogP contribution in [0, 0.1) is 17.8 Å². The van der Waals surface area contributed by atoms with Gasteiger partial charge in [-0.15, -0.1) is 0 Å². The second kappa shape index (κ2) is 3.08. The number of carbonyl (C=O) groups excluding carboxylic acids is 1. The van der Waals surface area contributed by atoms with Gasteiger partial charge in [-0.2, -0.15) is 0 Å². The number of rotatable bonds is 0. The number of hydrogen-bond acceptors (Lipinski definition) is 2. The summed E-state index contributed by atoms with van der Waals surface area (Å²) in [4.78, 5) is 11.4. The van der Waals surface area contributed by atoms with Crippen LogP contribution in [-0.2, 0) is 9.53 Å². The minimum atomic E-state index is 0.0599. The van der Waals surface area contributed by atoms with E-state index in [1.165, 1.54) is 12.8 Å². The lowest BCUT2D eigenvalue weighted by atomic mass is 9.74. The second-order valence-corrected chi connectivity index (χ2v) is 4.22. The summed E-state index contributed by atoms with van der Waals surface area (Å²) in [5.41, 5.74) is 0. The minimum Gasteiger partial charge on any atom is -0.465 e. The van der Waals surface area contributed by atoms with Gasteiger partial charge in [-0.25, -0.2) is 0 Å². The van der Waals surface area contributed by atoms with E-state index in [1.54, 1.807) is 0 Å². The number of cyclic esters (lactones) is 1. The molecule has 0 spiro atoms. The predicted octanol–water partition coefficient (Wildman–Crippen LogP) is 1.99. The molecule has 2 bridgehead atoms. The number of esters is 1. The Morgan fingerprint density at radius 1 is 1.33 bits per heavy atom.